The molecule has 1 heterocycles. The van der Waals surface area contributed by atoms with Gasteiger partial charge in [0.1, 0.15) is 0 Å². The summed E-state index contributed by atoms with van der Waals surface area (Å²) in [6, 6.07) is 2.02. The number of sulfonamides is 1. The number of piperidine rings is 1. The summed E-state index contributed by atoms with van der Waals surface area (Å²) in [4.78, 5) is 12.4. The Labute approximate surface area is 150 Å². The molecular weight excluding hydrogens is 340 g/mol. The van der Waals surface area contributed by atoms with E-state index in [1.165, 1.54) is 4.31 Å². The maximum absolute atomic E-state index is 13.2. The fourth-order valence-electron chi connectivity index (χ4n) is 3.38. The highest BCUT2D eigenvalue weighted by atomic mass is 32.2. The fraction of sp³-hybridized carbons (Fsp3) is 0.611. The van der Waals surface area contributed by atoms with Crippen molar-refractivity contribution in [3.05, 3.63) is 28.3 Å². The van der Waals surface area contributed by atoms with Crippen molar-refractivity contribution >= 4 is 15.9 Å². The van der Waals surface area contributed by atoms with E-state index in [0.29, 0.717) is 30.8 Å². The third-order valence-electron chi connectivity index (χ3n) is 5.13. The predicted octanol–water partition coefficient (Wildman–Crippen LogP) is 1.43. The van der Waals surface area contributed by atoms with Gasteiger partial charge in [-0.1, -0.05) is 6.07 Å². The van der Waals surface area contributed by atoms with E-state index in [1.807, 2.05) is 33.8 Å². The number of aryl methyl sites for hydroxylation is 2. The van der Waals surface area contributed by atoms with Crippen LogP contribution in [0.15, 0.2) is 11.0 Å². The molecule has 1 fully saturated rings. The van der Waals surface area contributed by atoms with Crippen molar-refractivity contribution in [2.24, 2.45) is 5.92 Å². The number of nitrogens with one attached hydrogen (secondary N) is 1. The topological polar surface area (TPSA) is 86.7 Å². The number of hydrogen-bond acceptors (Lipinski definition) is 4. The van der Waals surface area contributed by atoms with E-state index in [2.05, 4.69) is 5.32 Å². The van der Waals surface area contributed by atoms with Crippen LogP contribution in [-0.4, -0.2) is 50.0 Å². The average molecular weight is 368 g/mol. The molecule has 1 saturated heterocycles. The van der Waals surface area contributed by atoms with Gasteiger partial charge in [0.2, 0.25) is 15.9 Å². The van der Waals surface area contributed by atoms with E-state index < -0.39 is 10.0 Å². The van der Waals surface area contributed by atoms with Gasteiger partial charge in [-0.3, -0.25) is 4.79 Å². The Morgan fingerprint density at radius 1 is 1.16 bits per heavy atom. The Morgan fingerprint density at radius 3 is 2.16 bits per heavy atom. The van der Waals surface area contributed by atoms with Gasteiger partial charge in [-0.2, -0.15) is 4.31 Å². The molecule has 0 saturated carbocycles. The Hall–Kier alpha value is -1.44. The molecule has 1 aromatic carbocycles. The second-order valence-electron chi connectivity index (χ2n) is 6.78. The molecule has 0 bridgehead atoms. The highest BCUT2D eigenvalue weighted by Gasteiger charge is 2.34. The number of hydrogen-bond donors (Lipinski definition) is 2. The number of carbonyl (C=O) groups excluding carboxylic acids is 1. The molecule has 0 aromatic heterocycles. The molecule has 1 aliphatic heterocycles. The lowest BCUT2D eigenvalue weighted by molar-refractivity contribution is -0.126. The monoisotopic (exact) mass is 368 g/mol. The van der Waals surface area contributed by atoms with Crippen LogP contribution in [0.5, 0.6) is 0 Å². The largest absolute Gasteiger partial charge is 0.395 e. The third kappa shape index (κ3) is 4.04. The molecule has 0 atom stereocenters. The second-order valence-corrected chi connectivity index (χ2v) is 8.66. The van der Waals surface area contributed by atoms with Gasteiger partial charge in [-0.25, -0.2) is 8.42 Å². The summed E-state index contributed by atoms with van der Waals surface area (Å²) >= 11 is 0. The number of aliphatic hydroxyl groups is 1. The average Bonchev–Trinajstić information content (AvgIpc) is 2.58. The summed E-state index contributed by atoms with van der Waals surface area (Å²) in [7, 11) is -3.57. The number of carbonyl (C=O) groups is 1. The zero-order valence-electron chi connectivity index (χ0n) is 15.4. The first-order chi connectivity index (χ1) is 11.7. The van der Waals surface area contributed by atoms with Crippen molar-refractivity contribution in [1.82, 2.24) is 9.62 Å². The lowest BCUT2D eigenvalue weighted by Crippen LogP contribution is -2.43. The van der Waals surface area contributed by atoms with Crippen LogP contribution in [0.4, 0.5) is 0 Å². The van der Waals surface area contributed by atoms with Crippen molar-refractivity contribution in [3.63, 3.8) is 0 Å². The number of aliphatic hydroxyl groups excluding tert-OH is 1. The van der Waals surface area contributed by atoms with Crippen LogP contribution in [0, 0.1) is 33.6 Å². The van der Waals surface area contributed by atoms with Crippen molar-refractivity contribution in [2.75, 3.05) is 26.2 Å². The SMILES string of the molecule is Cc1cc(C)c(C)c(S(=O)(=O)N2CCC(C(=O)NCCO)CC2)c1C. The van der Waals surface area contributed by atoms with Crippen LogP contribution >= 0.6 is 0 Å². The van der Waals surface area contributed by atoms with Crippen LogP contribution in [0.3, 0.4) is 0 Å². The van der Waals surface area contributed by atoms with Crippen LogP contribution in [0.1, 0.15) is 35.1 Å². The Balaban J connectivity index is 2.20. The predicted molar refractivity (Wildman–Crippen MR) is 97.0 cm³/mol. The molecule has 2 N–H and O–H groups in total. The van der Waals surface area contributed by atoms with Gasteiger partial charge in [-0.05, 0) is 62.8 Å². The lowest BCUT2D eigenvalue weighted by Gasteiger charge is -2.31. The Morgan fingerprint density at radius 2 is 1.68 bits per heavy atom. The summed E-state index contributed by atoms with van der Waals surface area (Å²) in [5.74, 6) is -0.302. The zero-order chi connectivity index (χ0) is 18.8. The van der Waals surface area contributed by atoms with Gasteiger partial charge >= 0.3 is 0 Å². The number of benzene rings is 1. The molecule has 0 spiro atoms. The minimum absolute atomic E-state index is 0.0930. The molecule has 0 aliphatic carbocycles. The summed E-state index contributed by atoms with van der Waals surface area (Å²) in [5, 5.41) is 11.4. The molecule has 1 amide bonds. The van der Waals surface area contributed by atoms with Crippen LogP contribution in [-0.2, 0) is 14.8 Å². The van der Waals surface area contributed by atoms with E-state index in [4.69, 9.17) is 5.11 Å². The highest BCUT2D eigenvalue weighted by Crippen LogP contribution is 2.31. The van der Waals surface area contributed by atoms with E-state index >= 15 is 0 Å². The quantitative estimate of drug-likeness (QED) is 0.823. The normalized spacial score (nSPS) is 16.8. The minimum Gasteiger partial charge on any atom is -0.395 e. The summed E-state index contributed by atoms with van der Waals surface area (Å²) in [6.45, 7) is 8.38. The van der Waals surface area contributed by atoms with Crippen molar-refractivity contribution in [2.45, 2.75) is 45.4 Å². The first kappa shape index (κ1) is 19.9. The number of amides is 1. The van der Waals surface area contributed by atoms with Gasteiger partial charge < -0.3 is 10.4 Å². The lowest BCUT2D eigenvalue weighted by atomic mass is 9.97. The smallest absolute Gasteiger partial charge is 0.243 e. The highest BCUT2D eigenvalue weighted by molar-refractivity contribution is 7.89. The number of rotatable bonds is 5. The Bertz CT molecular complexity index is 725. The summed E-state index contributed by atoms with van der Waals surface area (Å²) in [6.07, 6.45) is 0.999. The van der Waals surface area contributed by atoms with Gasteiger partial charge in [0.15, 0.2) is 0 Å². The molecule has 7 heteroatoms. The van der Waals surface area contributed by atoms with E-state index in [9.17, 15) is 13.2 Å². The van der Waals surface area contributed by atoms with Crippen LogP contribution in [0.2, 0.25) is 0 Å². The summed E-state index contributed by atoms with van der Waals surface area (Å²) < 4.78 is 27.8. The summed E-state index contributed by atoms with van der Waals surface area (Å²) in [5.41, 5.74) is 3.54. The van der Waals surface area contributed by atoms with Gasteiger partial charge in [0.05, 0.1) is 11.5 Å². The second kappa shape index (κ2) is 7.85. The van der Waals surface area contributed by atoms with Crippen molar-refractivity contribution in [1.29, 1.82) is 0 Å². The van der Waals surface area contributed by atoms with Gasteiger partial charge in [0, 0.05) is 25.6 Å². The molecule has 6 nitrogen and oxygen atoms in total. The first-order valence-corrected chi connectivity index (χ1v) is 10.1. The molecule has 25 heavy (non-hydrogen) atoms. The zero-order valence-corrected chi connectivity index (χ0v) is 16.2. The van der Waals surface area contributed by atoms with E-state index in [-0.39, 0.29) is 25.0 Å². The maximum Gasteiger partial charge on any atom is 0.243 e. The molecular formula is C18H28N2O4S. The van der Waals surface area contributed by atoms with Gasteiger partial charge in [0.25, 0.3) is 0 Å². The minimum atomic E-state index is -3.57. The van der Waals surface area contributed by atoms with Crippen molar-refractivity contribution in [3.8, 4) is 0 Å². The van der Waals surface area contributed by atoms with Gasteiger partial charge in [-0.15, -0.1) is 0 Å². The van der Waals surface area contributed by atoms with Crippen LogP contribution < -0.4 is 5.32 Å². The fourth-order valence-corrected chi connectivity index (χ4v) is 5.42. The molecule has 2 rings (SSSR count). The molecule has 1 aromatic rings. The first-order valence-electron chi connectivity index (χ1n) is 8.66. The van der Waals surface area contributed by atoms with Crippen molar-refractivity contribution < 1.29 is 18.3 Å². The number of nitrogens with zero attached hydrogens (tertiary/aromatic N) is 1. The Kier molecular flexibility index (Phi) is 6.24. The molecule has 140 valence electrons. The maximum atomic E-state index is 13.2. The molecule has 1 aliphatic rings. The molecule has 0 radical (unpaired) electrons. The van der Waals surface area contributed by atoms with Crippen LogP contribution in [0.25, 0.3) is 0 Å². The van der Waals surface area contributed by atoms with E-state index in [0.717, 1.165) is 22.3 Å². The standard InChI is InChI=1S/C18H28N2O4S/c1-12-11-13(2)15(4)17(14(12)3)25(23,24)20-8-5-16(6-9-20)18(22)19-7-10-21/h11,16,21H,5-10H2,1-4H3,(H,19,22). The molecule has 0 unspecified atom stereocenters. The third-order valence-corrected chi connectivity index (χ3v) is 7.30. The van der Waals surface area contributed by atoms with E-state index in [1.54, 1.807) is 0 Å².